The summed E-state index contributed by atoms with van der Waals surface area (Å²) < 4.78 is 0. The Kier molecular flexibility index (Phi) is 3.23. The molecule has 0 aromatic rings. The van der Waals surface area contributed by atoms with Crippen molar-refractivity contribution in [3.8, 4) is 0 Å². The summed E-state index contributed by atoms with van der Waals surface area (Å²) in [6.45, 7) is 8.78. The van der Waals surface area contributed by atoms with E-state index in [1.54, 1.807) is 0 Å². The molecule has 2 bridgehead atoms. The Hall–Kier alpha value is -0.670. The first-order valence-electron chi connectivity index (χ1n) is 9.32. The molecule has 4 aliphatic rings. The topological polar surface area (TPSA) is 57.5 Å². The summed E-state index contributed by atoms with van der Waals surface area (Å²) in [7, 11) is 0. The van der Waals surface area contributed by atoms with E-state index in [-0.39, 0.29) is 29.1 Å². The van der Waals surface area contributed by atoms with E-state index in [2.05, 4.69) is 20.4 Å². The van der Waals surface area contributed by atoms with Crippen molar-refractivity contribution in [2.45, 2.75) is 64.9 Å². The normalized spacial score (nSPS) is 55.5. The van der Waals surface area contributed by atoms with Gasteiger partial charge in [0.05, 0.1) is 11.5 Å². The van der Waals surface area contributed by atoms with Crippen LogP contribution in [0.2, 0.25) is 0 Å². The average molecular weight is 318 g/mol. The number of aliphatic hydroxyl groups excluding tert-OH is 2. The number of aliphatic hydroxyl groups is 2. The summed E-state index contributed by atoms with van der Waals surface area (Å²) in [5, 5.41) is 21.2. The van der Waals surface area contributed by atoms with Crippen LogP contribution in [0, 0.1) is 34.0 Å². The SMILES string of the molecule is C=C1C(=O)[C@]23C[C@@H]1CC[C@H]2[C@]1(C)CCC[C@](C)(CO)[C@H]1C[C@@H]3O. The Labute approximate surface area is 139 Å². The number of allylic oxidation sites excluding steroid dienone is 1. The van der Waals surface area contributed by atoms with Crippen LogP contribution in [-0.4, -0.2) is 28.7 Å². The summed E-state index contributed by atoms with van der Waals surface area (Å²) in [5.74, 6) is 1.00. The molecule has 4 aliphatic carbocycles. The van der Waals surface area contributed by atoms with Crippen molar-refractivity contribution >= 4 is 5.78 Å². The number of Topliss-reactive ketones (excluding diaryl/α,β-unsaturated/α-hetero) is 1. The Bertz CT molecular complexity index is 569. The predicted molar refractivity (Wildman–Crippen MR) is 88.7 cm³/mol. The molecule has 23 heavy (non-hydrogen) atoms. The van der Waals surface area contributed by atoms with Gasteiger partial charge < -0.3 is 10.2 Å². The van der Waals surface area contributed by atoms with E-state index in [4.69, 9.17) is 0 Å². The van der Waals surface area contributed by atoms with E-state index >= 15 is 0 Å². The minimum absolute atomic E-state index is 0.0558. The summed E-state index contributed by atoms with van der Waals surface area (Å²) in [6, 6.07) is 0. The zero-order valence-corrected chi connectivity index (χ0v) is 14.5. The van der Waals surface area contributed by atoms with Gasteiger partial charge in [0, 0.05) is 6.61 Å². The lowest BCUT2D eigenvalue weighted by atomic mass is 9.40. The fourth-order valence-electron chi connectivity index (χ4n) is 7.36. The summed E-state index contributed by atoms with van der Waals surface area (Å²) in [6.07, 6.45) is 6.25. The molecule has 4 rings (SSSR count). The zero-order chi connectivity index (χ0) is 16.6. The molecule has 3 nitrogen and oxygen atoms in total. The molecular weight excluding hydrogens is 288 g/mol. The van der Waals surface area contributed by atoms with E-state index in [0.29, 0.717) is 18.3 Å². The molecule has 4 fully saturated rings. The largest absolute Gasteiger partial charge is 0.396 e. The Morgan fingerprint density at radius 3 is 2.65 bits per heavy atom. The highest BCUT2D eigenvalue weighted by Crippen LogP contribution is 2.70. The van der Waals surface area contributed by atoms with Gasteiger partial charge in [0.2, 0.25) is 0 Å². The molecule has 0 aromatic heterocycles. The third-order valence-electron chi connectivity index (χ3n) is 8.53. The van der Waals surface area contributed by atoms with E-state index in [1.807, 2.05) is 0 Å². The van der Waals surface area contributed by atoms with Crippen LogP contribution in [-0.2, 0) is 4.79 Å². The van der Waals surface area contributed by atoms with Crippen LogP contribution >= 0.6 is 0 Å². The van der Waals surface area contributed by atoms with Gasteiger partial charge >= 0.3 is 0 Å². The van der Waals surface area contributed by atoms with Crippen LogP contribution < -0.4 is 0 Å². The standard InChI is InChI=1S/C20H30O3/c1-12-13-5-6-14-19(3)8-4-7-18(2,11-21)15(19)9-16(22)20(14,10-13)17(12)23/h13-16,21-22H,1,4-11H2,2-3H3/t13-,14-,15+,16-,18+,19-,20+/m0/s1. The second kappa shape index (κ2) is 4.70. The van der Waals surface area contributed by atoms with Gasteiger partial charge in [-0.1, -0.05) is 26.8 Å². The van der Waals surface area contributed by atoms with Gasteiger partial charge in [-0.2, -0.15) is 0 Å². The molecule has 0 saturated heterocycles. The van der Waals surface area contributed by atoms with Gasteiger partial charge in [-0.05, 0) is 72.7 Å². The summed E-state index contributed by atoms with van der Waals surface area (Å²) >= 11 is 0. The lowest BCUT2D eigenvalue weighted by Crippen LogP contribution is -2.63. The van der Waals surface area contributed by atoms with E-state index < -0.39 is 11.5 Å². The van der Waals surface area contributed by atoms with Crippen molar-refractivity contribution in [2.24, 2.45) is 34.0 Å². The summed E-state index contributed by atoms with van der Waals surface area (Å²) in [4.78, 5) is 13.1. The molecular formula is C20H30O3. The summed E-state index contributed by atoms with van der Waals surface area (Å²) in [5.41, 5.74) is 0.138. The highest BCUT2D eigenvalue weighted by Gasteiger charge is 2.70. The molecule has 7 atom stereocenters. The maximum Gasteiger partial charge on any atom is 0.167 e. The van der Waals surface area contributed by atoms with Crippen molar-refractivity contribution in [3.63, 3.8) is 0 Å². The van der Waals surface area contributed by atoms with Gasteiger partial charge in [0.25, 0.3) is 0 Å². The number of rotatable bonds is 1. The second-order valence-corrected chi connectivity index (χ2v) is 9.40. The first-order chi connectivity index (χ1) is 10.8. The van der Waals surface area contributed by atoms with Crippen LogP contribution in [0.3, 0.4) is 0 Å². The number of hydrogen-bond acceptors (Lipinski definition) is 3. The molecule has 4 saturated carbocycles. The second-order valence-electron chi connectivity index (χ2n) is 9.40. The number of carbonyl (C=O) groups is 1. The number of carbonyl (C=O) groups excluding carboxylic acids is 1. The minimum atomic E-state index is -0.570. The average Bonchev–Trinajstić information content (AvgIpc) is 2.72. The lowest BCUT2D eigenvalue weighted by Gasteiger charge is -2.64. The van der Waals surface area contributed by atoms with Crippen molar-refractivity contribution in [1.29, 1.82) is 0 Å². The van der Waals surface area contributed by atoms with Crippen molar-refractivity contribution < 1.29 is 15.0 Å². The Balaban J connectivity index is 1.83. The number of ketones is 1. The Morgan fingerprint density at radius 1 is 1.22 bits per heavy atom. The number of fused-ring (bicyclic) bond motifs is 3. The van der Waals surface area contributed by atoms with Crippen LogP contribution in [0.1, 0.15) is 58.8 Å². The molecule has 2 N–H and O–H groups in total. The van der Waals surface area contributed by atoms with Crippen LogP contribution in [0.4, 0.5) is 0 Å². The van der Waals surface area contributed by atoms with Gasteiger partial charge in [-0.3, -0.25) is 4.79 Å². The van der Waals surface area contributed by atoms with Crippen LogP contribution in [0.5, 0.6) is 0 Å². The van der Waals surface area contributed by atoms with Gasteiger partial charge in [0.15, 0.2) is 5.78 Å². The molecule has 128 valence electrons. The monoisotopic (exact) mass is 318 g/mol. The highest BCUT2D eigenvalue weighted by atomic mass is 16.3. The first-order valence-corrected chi connectivity index (χ1v) is 9.32. The van der Waals surface area contributed by atoms with Gasteiger partial charge in [0.1, 0.15) is 0 Å². The van der Waals surface area contributed by atoms with Gasteiger partial charge in [-0.25, -0.2) is 0 Å². The van der Waals surface area contributed by atoms with Crippen molar-refractivity contribution in [1.82, 2.24) is 0 Å². The van der Waals surface area contributed by atoms with Crippen molar-refractivity contribution in [3.05, 3.63) is 12.2 Å². The van der Waals surface area contributed by atoms with Crippen LogP contribution in [0.15, 0.2) is 12.2 Å². The maximum absolute atomic E-state index is 13.1. The molecule has 0 aliphatic heterocycles. The Morgan fingerprint density at radius 2 is 1.96 bits per heavy atom. The quantitative estimate of drug-likeness (QED) is 0.731. The first kappa shape index (κ1) is 15.8. The predicted octanol–water partition coefficient (Wildman–Crippen LogP) is 3.10. The maximum atomic E-state index is 13.1. The molecule has 0 aromatic carbocycles. The lowest BCUT2D eigenvalue weighted by molar-refractivity contribution is -0.204. The highest BCUT2D eigenvalue weighted by molar-refractivity contribution is 6.03. The fourth-order valence-corrected chi connectivity index (χ4v) is 7.36. The molecule has 3 heteroatoms. The zero-order valence-electron chi connectivity index (χ0n) is 14.5. The number of hydrogen-bond donors (Lipinski definition) is 2. The van der Waals surface area contributed by atoms with Crippen LogP contribution in [0.25, 0.3) is 0 Å². The van der Waals surface area contributed by atoms with Gasteiger partial charge in [-0.15, -0.1) is 0 Å². The van der Waals surface area contributed by atoms with E-state index in [9.17, 15) is 15.0 Å². The van der Waals surface area contributed by atoms with E-state index in [0.717, 1.165) is 44.1 Å². The fraction of sp³-hybridized carbons (Fsp3) is 0.850. The van der Waals surface area contributed by atoms with Crippen molar-refractivity contribution in [2.75, 3.05) is 6.61 Å². The minimum Gasteiger partial charge on any atom is -0.396 e. The molecule has 1 spiro atoms. The molecule has 0 amide bonds. The van der Waals surface area contributed by atoms with E-state index in [1.165, 1.54) is 0 Å². The molecule has 0 unspecified atom stereocenters. The third-order valence-corrected chi connectivity index (χ3v) is 8.53. The smallest absolute Gasteiger partial charge is 0.167 e. The molecule has 0 heterocycles. The third kappa shape index (κ3) is 1.71. The molecule has 0 radical (unpaired) electrons.